The number of nitrogens with zero attached hydrogens (tertiary/aromatic N) is 5. The number of rotatable bonds is 4. The van der Waals surface area contributed by atoms with Crippen molar-refractivity contribution in [3.05, 3.63) is 77.1 Å². The van der Waals surface area contributed by atoms with Gasteiger partial charge in [0.1, 0.15) is 5.82 Å². The summed E-state index contributed by atoms with van der Waals surface area (Å²) in [6.45, 7) is 1.90. The number of aryl methyl sites for hydroxylation is 2. The molecule has 1 fully saturated rings. The van der Waals surface area contributed by atoms with Crippen molar-refractivity contribution in [1.29, 1.82) is 0 Å². The molecule has 160 valence electrons. The maximum Gasteiger partial charge on any atom is 0.253 e. The van der Waals surface area contributed by atoms with Gasteiger partial charge in [-0.1, -0.05) is 18.2 Å². The lowest BCUT2D eigenvalue weighted by Crippen LogP contribution is -2.31. The van der Waals surface area contributed by atoms with E-state index in [1.807, 2.05) is 54.2 Å². The third-order valence-corrected chi connectivity index (χ3v) is 6.39. The van der Waals surface area contributed by atoms with Crippen LogP contribution in [0.2, 0.25) is 0 Å². The van der Waals surface area contributed by atoms with Gasteiger partial charge in [-0.25, -0.2) is 19.6 Å². The summed E-state index contributed by atoms with van der Waals surface area (Å²) in [6, 6.07) is 11.9. The molecule has 0 aliphatic heterocycles. The van der Waals surface area contributed by atoms with Crippen LogP contribution in [0.3, 0.4) is 0 Å². The lowest BCUT2D eigenvalue weighted by Gasteiger charge is -2.25. The summed E-state index contributed by atoms with van der Waals surface area (Å²) >= 11 is 0. The first kappa shape index (κ1) is 19.1. The molecule has 1 unspecified atom stereocenters. The minimum absolute atomic E-state index is 0.0718. The third-order valence-electron chi connectivity index (χ3n) is 6.39. The summed E-state index contributed by atoms with van der Waals surface area (Å²) in [5, 5.41) is 9.04. The maximum atomic E-state index is 13.2. The van der Waals surface area contributed by atoms with Gasteiger partial charge in [-0.15, -0.1) is 0 Å². The molecule has 2 aliphatic rings. The minimum atomic E-state index is -0.118. The van der Waals surface area contributed by atoms with Crippen molar-refractivity contribution in [3.63, 3.8) is 0 Å². The second kappa shape index (κ2) is 7.51. The van der Waals surface area contributed by atoms with Crippen LogP contribution >= 0.6 is 0 Å². The molecule has 1 amide bonds. The Morgan fingerprint density at radius 1 is 1.09 bits per heavy atom. The van der Waals surface area contributed by atoms with Crippen LogP contribution in [0.25, 0.3) is 16.7 Å². The first-order valence-corrected chi connectivity index (χ1v) is 11.2. The normalized spacial score (nSPS) is 17.8. The monoisotopic (exact) mass is 424 g/mol. The molecule has 3 heterocycles. The Balaban J connectivity index is 1.34. The van der Waals surface area contributed by atoms with E-state index in [-0.39, 0.29) is 11.9 Å². The Labute approximate surface area is 185 Å². The van der Waals surface area contributed by atoms with Gasteiger partial charge >= 0.3 is 0 Å². The van der Waals surface area contributed by atoms with E-state index < -0.39 is 0 Å². The van der Waals surface area contributed by atoms with Crippen molar-refractivity contribution in [2.24, 2.45) is 0 Å². The van der Waals surface area contributed by atoms with Crippen molar-refractivity contribution in [3.8, 4) is 5.69 Å². The van der Waals surface area contributed by atoms with Gasteiger partial charge in [0.2, 0.25) is 0 Å². The molecule has 0 radical (unpaired) electrons. The first-order valence-electron chi connectivity index (χ1n) is 11.2. The quantitative estimate of drug-likeness (QED) is 0.531. The highest BCUT2D eigenvalue weighted by Crippen LogP contribution is 2.42. The molecule has 0 saturated heterocycles. The molecule has 4 aromatic rings. The predicted molar refractivity (Wildman–Crippen MR) is 121 cm³/mol. The molecule has 1 atom stereocenters. The van der Waals surface area contributed by atoms with E-state index in [1.165, 1.54) is 0 Å². The fourth-order valence-corrected chi connectivity index (χ4v) is 4.59. The van der Waals surface area contributed by atoms with E-state index in [0.29, 0.717) is 11.5 Å². The zero-order chi connectivity index (χ0) is 21.7. The Morgan fingerprint density at radius 3 is 2.75 bits per heavy atom. The fraction of sp³-hybridized carbons (Fsp3) is 0.320. The Kier molecular flexibility index (Phi) is 4.48. The molecular weight excluding hydrogens is 400 g/mol. The van der Waals surface area contributed by atoms with Crippen molar-refractivity contribution >= 4 is 16.9 Å². The van der Waals surface area contributed by atoms with Gasteiger partial charge < -0.3 is 5.32 Å². The van der Waals surface area contributed by atoms with Gasteiger partial charge in [0.15, 0.2) is 5.65 Å². The zero-order valence-corrected chi connectivity index (χ0v) is 18.0. The summed E-state index contributed by atoms with van der Waals surface area (Å²) < 4.78 is 1.89. The highest BCUT2D eigenvalue weighted by atomic mass is 16.1. The van der Waals surface area contributed by atoms with Crippen molar-refractivity contribution in [2.45, 2.75) is 51.0 Å². The van der Waals surface area contributed by atoms with Crippen LogP contribution < -0.4 is 5.32 Å². The van der Waals surface area contributed by atoms with Gasteiger partial charge in [0, 0.05) is 35.0 Å². The van der Waals surface area contributed by atoms with E-state index in [1.54, 1.807) is 6.20 Å². The molecule has 3 aromatic heterocycles. The number of pyridine rings is 1. The van der Waals surface area contributed by atoms with Crippen molar-refractivity contribution in [2.75, 3.05) is 0 Å². The Bertz CT molecular complexity index is 1330. The number of amides is 1. The van der Waals surface area contributed by atoms with Gasteiger partial charge in [-0.2, -0.15) is 5.10 Å². The van der Waals surface area contributed by atoms with Crippen LogP contribution in [-0.2, 0) is 6.42 Å². The molecule has 1 saturated carbocycles. The second-order valence-electron chi connectivity index (χ2n) is 8.74. The summed E-state index contributed by atoms with van der Waals surface area (Å²) in [4.78, 5) is 26.8. The first-order chi connectivity index (χ1) is 15.7. The Morgan fingerprint density at radius 2 is 1.94 bits per heavy atom. The lowest BCUT2D eigenvalue weighted by atomic mass is 9.92. The number of aromatic nitrogens is 5. The number of para-hydroxylation sites is 1. The number of carbonyl (C=O) groups is 1. The molecule has 7 nitrogen and oxygen atoms in total. The molecule has 1 N–H and O–H groups in total. The highest BCUT2D eigenvalue weighted by molar-refractivity contribution is 5.98. The second-order valence-corrected chi connectivity index (χ2v) is 8.74. The number of fused-ring (bicyclic) bond motifs is 2. The molecule has 7 heteroatoms. The SMILES string of the molecule is Cc1ncc2c(n1)CCCC2NC(=O)c1cnc2c(c1)c(C1CC1)nn2-c1ccccc1. The molecule has 0 bridgehead atoms. The van der Waals surface area contributed by atoms with E-state index in [4.69, 9.17) is 5.10 Å². The molecule has 1 aromatic carbocycles. The molecule has 6 rings (SSSR count). The minimum Gasteiger partial charge on any atom is -0.345 e. The van der Waals surface area contributed by atoms with Gasteiger partial charge in [0.05, 0.1) is 23.0 Å². The third kappa shape index (κ3) is 3.34. The van der Waals surface area contributed by atoms with E-state index >= 15 is 0 Å². The summed E-state index contributed by atoms with van der Waals surface area (Å²) in [5.41, 5.74) is 5.44. The van der Waals surface area contributed by atoms with Gasteiger partial charge in [0.25, 0.3) is 5.91 Å². The van der Waals surface area contributed by atoms with E-state index in [2.05, 4.69) is 20.3 Å². The van der Waals surface area contributed by atoms with E-state index in [0.717, 1.165) is 71.6 Å². The number of hydrogen-bond donors (Lipinski definition) is 1. The van der Waals surface area contributed by atoms with Crippen LogP contribution in [0, 0.1) is 6.92 Å². The zero-order valence-electron chi connectivity index (χ0n) is 18.0. The highest BCUT2D eigenvalue weighted by Gasteiger charge is 2.30. The number of benzene rings is 1. The summed E-state index contributed by atoms with van der Waals surface area (Å²) in [6.07, 6.45) is 8.61. The van der Waals surface area contributed by atoms with Crippen molar-refractivity contribution in [1.82, 2.24) is 30.0 Å². The Hall–Kier alpha value is -3.61. The molecular formula is C25H24N6O. The predicted octanol–water partition coefficient (Wildman–Crippen LogP) is 4.20. The maximum absolute atomic E-state index is 13.2. The largest absolute Gasteiger partial charge is 0.345 e. The van der Waals surface area contributed by atoms with Crippen LogP contribution in [-0.4, -0.2) is 30.6 Å². The number of nitrogens with one attached hydrogen (secondary N) is 1. The fourth-order valence-electron chi connectivity index (χ4n) is 4.59. The molecule has 32 heavy (non-hydrogen) atoms. The lowest BCUT2D eigenvalue weighted by molar-refractivity contribution is 0.0932. The number of hydrogen-bond acceptors (Lipinski definition) is 5. The van der Waals surface area contributed by atoms with Gasteiger partial charge in [-0.05, 0) is 57.2 Å². The standard InChI is InChI=1S/C25H24N6O/c1-15-26-14-20-21(28-15)8-5-9-22(20)29-25(32)17-12-19-23(16-10-11-16)30-31(24(19)27-13-17)18-6-3-2-4-7-18/h2-4,6-7,12-14,16,22H,5,8-11H2,1H3,(H,29,32). The van der Waals surface area contributed by atoms with E-state index in [9.17, 15) is 4.79 Å². The average molecular weight is 425 g/mol. The smallest absolute Gasteiger partial charge is 0.253 e. The van der Waals surface area contributed by atoms with Crippen LogP contribution in [0.15, 0.2) is 48.8 Å². The summed E-state index contributed by atoms with van der Waals surface area (Å²) in [7, 11) is 0. The number of carbonyl (C=O) groups excluding carboxylic acids is 1. The van der Waals surface area contributed by atoms with Crippen LogP contribution in [0.1, 0.15) is 70.8 Å². The average Bonchev–Trinajstić information content (AvgIpc) is 3.59. The molecule has 2 aliphatic carbocycles. The molecule has 0 spiro atoms. The summed E-state index contributed by atoms with van der Waals surface area (Å²) in [5.74, 6) is 1.11. The van der Waals surface area contributed by atoms with Gasteiger partial charge in [-0.3, -0.25) is 4.79 Å². The van der Waals surface area contributed by atoms with Crippen molar-refractivity contribution < 1.29 is 4.79 Å². The topological polar surface area (TPSA) is 85.6 Å². The van der Waals surface area contributed by atoms with Crippen LogP contribution in [0.4, 0.5) is 0 Å². The van der Waals surface area contributed by atoms with Crippen LogP contribution in [0.5, 0.6) is 0 Å².